The molecule has 1 aromatic heterocycles. The molecule has 0 saturated carbocycles. The number of aromatic nitrogens is 1. The van der Waals surface area contributed by atoms with E-state index in [4.69, 9.17) is 21.1 Å². The maximum Gasteiger partial charge on any atom is 0.261 e. The number of nitrogens with one attached hydrogen (secondary N) is 2. The lowest BCUT2D eigenvalue weighted by molar-refractivity contribution is 0.102. The van der Waals surface area contributed by atoms with Crippen molar-refractivity contribution in [3.63, 3.8) is 0 Å². The lowest BCUT2D eigenvalue weighted by atomic mass is 10.1. The summed E-state index contributed by atoms with van der Waals surface area (Å²) in [5, 5.41) is 3.44. The Labute approximate surface area is 152 Å². The van der Waals surface area contributed by atoms with Crippen LogP contribution in [0.15, 0.2) is 41.2 Å². The first-order valence-corrected chi connectivity index (χ1v) is 7.86. The molecule has 2 N–H and O–H groups in total. The third-order valence-corrected chi connectivity index (χ3v) is 4.07. The minimum atomic E-state index is -0.653. The van der Waals surface area contributed by atoms with Crippen molar-refractivity contribution in [3.05, 3.63) is 63.2 Å². The molecule has 0 fully saturated rings. The molecule has 0 spiro atoms. The number of carbonyl (C=O) groups is 1. The molecule has 0 atom stereocenters. The Hall–Kier alpha value is -3.06. The van der Waals surface area contributed by atoms with Crippen LogP contribution in [0.1, 0.15) is 10.4 Å². The minimum absolute atomic E-state index is 0.125. The number of benzene rings is 2. The van der Waals surface area contributed by atoms with Gasteiger partial charge in [0.25, 0.3) is 11.5 Å². The van der Waals surface area contributed by atoms with E-state index < -0.39 is 17.3 Å². The van der Waals surface area contributed by atoms with Crippen molar-refractivity contribution >= 4 is 34.1 Å². The summed E-state index contributed by atoms with van der Waals surface area (Å²) in [6.07, 6.45) is 0. The number of rotatable bonds is 4. The van der Waals surface area contributed by atoms with E-state index in [0.717, 1.165) is 0 Å². The zero-order chi connectivity index (χ0) is 18.8. The van der Waals surface area contributed by atoms with Crippen LogP contribution in [-0.2, 0) is 0 Å². The van der Waals surface area contributed by atoms with E-state index in [9.17, 15) is 14.0 Å². The third-order valence-electron chi connectivity index (χ3n) is 3.77. The van der Waals surface area contributed by atoms with Gasteiger partial charge in [0.15, 0.2) is 0 Å². The second-order valence-corrected chi connectivity index (χ2v) is 5.79. The number of carbonyl (C=O) groups excluding carboxylic acids is 1. The highest BCUT2D eigenvalue weighted by molar-refractivity contribution is 6.32. The summed E-state index contributed by atoms with van der Waals surface area (Å²) in [6, 6.07) is 8.28. The van der Waals surface area contributed by atoms with Gasteiger partial charge in [-0.1, -0.05) is 11.6 Å². The van der Waals surface area contributed by atoms with Crippen LogP contribution < -0.4 is 20.3 Å². The van der Waals surface area contributed by atoms with Gasteiger partial charge in [-0.15, -0.1) is 0 Å². The zero-order valence-corrected chi connectivity index (χ0v) is 14.6. The molecule has 0 aliphatic carbocycles. The molecule has 26 heavy (non-hydrogen) atoms. The highest BCUT2D eigenvalue weighted by atomic mass is 35.5. The Morgan fingerprint density at radius 2 is 1.85 bits per heavy atom. The standard InChI is InChI=1S/C18H14ClFN2O4/c1-25-15-8-14(16(26-2)7-12(15)19)22-18(24)11-5-9-3-4-10(20)6-13(9)21-17(11)23/h3-8H,1-2H3,(H,21,23)(H,22,24). The summed E-state index contributed by atoms with van der Waals surface area (Å²) in [7, 11) is 2.86. The molecular formula is C18H14ClFN2O4. The summed E-state index contributed by atoms with van der Waals surface area (Å²) in [4.78, 5) is 27.2. The van der Waals surface area contributed by atoms with Gasteiger partial charge in [-0.2, -0.15) is 0 Å². The number of aromatic amines is 1. The lowest BCUT2D eigenvalue weighted by Crippen LogP contribution is -2.23. The number of ether oxygens (including phenoxy) is 2. The number of anilines is 1. The predicted octanol–water partition coefficient (Wildman–Crippen LogP) is 3.59. The van der Waals surface area contributed by atoms with Crippen LogP contribution in [0.2, 0.25) is 5.02 Å². The van der Waals surface area contributed by atoms with Gasteiger partial charge < -0.3 is 19.8 Å². The largest absolute Gasteiger partial charge is 0.495 e. The van der Waals surface area contributed by atoms with E-state index in [1.807, 2.05) is 0 Å². The van der Waals surface area contributed by atoms with Crippen molar-refractivity contribution in [1.82, 2.24) is 4.98 Å². The summed E-state index contributed by atoms with van der Waals surface area (Å²) >= 11 is 6.03. The molecule has 3 aromatic rings. The highest BCUT2D eigenvalue weighted by Crippen LogP contribution is 2.36. The molecule has 0 aliphatic heterocycles. The van der Waals surface area contributed by atoms with E-state index in [1.165, 1.54) is 50.6 Å². The number of halogens is 2. The van der Waals surface area contributed by atoms with Crippen molar-refractivity contribution in [1.29, 1.82) is 0 Å². The molecule has 0 bridgehead atoms. The summed E-state index contributed by atoms with van der Waals surface area (Å²) in [5.41, 5.74) is -0.171. The topological polar surface area (TPSA) is 80.4 Å². The number of hydrogen-bond donors (Lipinski definition) is 2. The number of hydrogen-bond acceptors (Lipinski definition) is 4. The first kappa shape index (κ1) is 17.8. The van der Waals surface area contributed by atoms with Gasteiger partial charge >= 0.3 is 0 Å². The molecule has 6 nitrogen and oxygen atoms in total. The van der Waals surface area contributed by atoms with Gasteiger partial charge in [0.05, 0.1) is 30.4 Å². The number of fused-ring (bicyclic) bond motifs is 1. The van der Waals surface area contributed by atoms with E-state index in [1.54, 1.807) is 0 Å². The Balaban J connectivity index is 2.00. The molecule has 1 amide bonds. The fourth-order valence-electron chi connectivity index (χ4n) is 2.49. The molecule has 2 aromatic carbocycles. The molecule has 8 heteroatoms. The van der Waals surface area contributed by atoms with Gasteiger partial charge in [0.1, 0.15) is 22.9 Å². The van der Waals surface area contributed by atoms with Crippen LogP contribution in [0.4, 0.5) is 10.1 Å². The molecule has 0 saturated heterocycles. The van der Waals surface area contributed by atoms with Crippen LogP contribution in [0, 0.1) is 5.82 Å². The second-order valence-electron chi connectivity index (χ2n) is 5.38. The first-order chi connectivity index (χ1) is 12.4. The molecule has 0 unspecified atom stereocenters. The molecular weight excluding hydrogens is 363 g/mol. The molecule has 0 aliphatic rings. The first-order valence-electron chi connectivity index (χ1n) is 7.48. The van der Waals surface area contributed by atoms with Gasteiger partial charge in [0.2, 0.25) is 0 Å². The van der Waals surface area contributed by atoms with E-state index in [2.05, 4.69) is 10.3 Å². The van der Waals surface area contributed by atoms with Crippen LogP contribution >= 0.6 is 11.6 Å². The Kier molecular flexibility index (Phi) is 4.81. The fourth-order valence-corrected chi connectivity index (χ4v) is 2.72. The average Bonchev–Trinajstić information content (AvgIpc) is 2.61. The average molecular weight is 377 g/mol. The smallest absolute Gasteiger partial charge is 0.261 e. The van der Waals surface area contributed by atoms with E-state index >= 15 is 0 Å². The van der Waals surface area contributed by atoms with Crippen LogP contribution in [0.5, 0.6) is 11.5 Å². The SMILES string of the molecule is COc1cc(NC(=O)c2cc3ccc(F)cc3[nH]c2=O)c(OC)cc1Cl. The van der Waals surface area contributed by atoms with Crippen LogP contribution in [0.25, 0.3) is 10.9 Å². The monoisotopic (exact) mass is 376 g/mol. The number of pyridine rings is 1. The minimum Gasteiger partial charge on any atom is -0.495 e. The molecule has 0 radical (unpaired) electrons. The third kappa shape index (κ3) is 3.34. The Morgan fingerprint density at radius 1 is 1.12 bits per heavy atom. The second kappa shape index (κ2) is 7.05. The van der Waals surface area contributed by atoms with Gasteiger partial charge in [-0.3, -0.25) is 9.59 Å². The summed E-state index contributed by atoms with van der Waals surface area (Å²) in [6.45, 7) is 0. The lowest BCUT2D eigenvalue weighted by Gasteiger charge is -2.13. The number of amides is 1. The maximum absolute atomic E-state index is 13.3. The van der Waals surface area contributed by atoms with E-state index in [-0.39, 0.29) is 11.3 Å². The Morgan fingerprint density at radius 3 is 2.54 bits per heavy atom. The van der Waals surface area contributed by atoms with Crippen molar-refractivity contribution in [2.24, 2.45) is 0 Å². The Bertz CT molecular complexity index is 1060. The number of methoxy groups -OCH3 is 2. The predicted molar refractivity (Wildman–Crippen MR) is 97.0 cm³/mol. The van der Waals surface area contributed by atoms with Crippen molar-refractivity contribution in [2.45, 2.75) is 0 Å². The van der Waals surface area contributed by atoms with Gasteiger partial charge in [-0.05, 0) is 29.7 Å². The molecule has 134 valence electrons. The van der Waals surface area contributed by atoms with Gasteiger partial charge in [0, 0.05) is 12.1 Å². The highest BCUT2D eigenvalue weighted by Gasteiger charge is 2.16. The molecule has 1 heterocycles. The maximum atomic E-state index is 13.3. The van der Waals surface area contributed by atoms with Crippen molar-refractivity contribution in [3.8, 4) is 11.5 Å². The molecule has 3 rings (SSSR count). The normalized spacial score (nSPS) is 10.6. The van der Waals surface area contributed by atoms with Crippen molar-refractivity contribution < 1.29 is 18.7 Å². The van der Waals surface area contributed by atoms with E-state index in [0.29, 0.717) is 27.4 Å². The van der Waals surface area contributed by atoms with Crippen LogP contribution in [0.3, 0.4) is 0 Å². The fraction of sp³-hybridized carbons (Fsp3) is 0.111. The number of H-pyrrole nitrogens is 1. The summed E-state index contributed by atoms with van der Waals surface area (Å²) in [5.74, 6) is -0.488. The van der Waals surface area contributed by atoms with Gasteiger partial charge in [-0.25, -0.2) is 4.39 Å². The van der Waals surface area contributed by atoms with Crippen molar-refractivity contribution in [2.75, 3.05) is 19.5 Å². The van der Waals surface area contributed by atoms with Crippen LogP contribution in [-0.4, -0.2) is 25.1 Å². The zero-order valence-electron chi connectivity index (χ0n) is 13.9. The summed E-state index contributed by atoms with van der Waals surface area (Å²) < 4.78 is 23.6. The quantitative estimate of drug-likeness (QED) is 0.729.